The van der Waals surface area contributed by atoms with Gasteiger partial charge in [0, 0.05) is 11.9 Å². The Morgan fingerprint density at radius 2 is 2.33 bits per heavy atom. The van der Waals surface area contributed by atoms with Crippen LogP contribution in [0.25, 0.3) is 0 Å². The summed E-state index contributed by atoms with van der Waals surface area (Å²) in [6, 6.07) is 0. The van der Waals surface area contributed by atoms with Gasteiger partial charge in [0.25, 0.3) is 0 Å². The molecule has 0 radical (unpaired) electrons. The van der Waals surface area contributed by atoms with Crippen molar-refractivity contribution >= 4 is 0 Å². The quantitative estimate of drug-likeness (QED) is 0.716. The Hall–Kier alpha value is -0.790. The van der Waals surface area contributed by atoms with E-state index in [0.717, 1.165) is 12.3 Å². The highest BCUT2D eigenvalue weighted by atomic mass is 14.9. The average Bonchev–Trinajstić information content (AvgIpc) is 2.56. The fourth-order valence-electron chi connectivity index (χ4n) is 1.57. The summed E-state index contributed by atoms with van der Waals surface area (Å²) in [4.78, 5) is 7.16. The third-order valence-electron chi connectivity index (χ3n) is 2.34. The summed E-state index contributed by atoms with van der Waals surface area (Å²) in [5, 5.41) is 0. The van der Waals surface area contributed by atoms with E-state index >= 15 is 0 Å². The number of nitrogens with zero attached hydrogens (tertiary/aromatic N) is 1. The molecule has 0 fully saturated rings. The van der Waals surface area contributed by atoms with Gasteiger partial charge in [0.2, 0.25) is 0 Å². The molecule has 0 aliphatic rings. The molecule has 0 unspecified atom stereocenters. The molecule has 0 aromatic carbocycles. The van der Waals surface area contributed by atoms with Gasteiger partial charge in [0.15, 0.2) is 0 Å². The number of nitrogens with one attached hydrogen (secondary N) is 1. The van der Waals surface area contributed by atoms with E-state index in [1.807, 2.05) is 6.20 Å². The number of H-pyrrole nitrogens is 1. The number of hydrogen-bond donors (Lipinski definition) is 1. The van der Waals surface area contributed by atoms with Crippen molar-refractivity contribution in [3.63, 3.8) is 0 Å². The first-order valence-corrected chi connectivity index (χ1v) is 4.84. The number of imidazole rings is 1. The zero-order valence-electron chi connectivity index (χ0n) is 8.01. The minimum atomic E-state index is 0.829. The molecule has 0 saturated carbocycles. The summed E-state index contributed by atoms with van der Waals surface area (Å²) in [6.45, 7) is 4.51. The molecule has 1 atom stereocenters. The van der Waals surface area contributed by atoms with E-state index in [0.29, 0.717) is 0 Å². The molecule has 0 saturated heterocycles. The van der Waals surface area contributed by atoms with Crippen molar-refractivity contribution in [1.82, 2.24) is 9.97 Å². The molecule has 2 nitrogen and oxygen atoms in total. The third kappa shape index (κ3) is 2.68. The van der Waals surface area contributed by atoms with Crippen molar-refractivity contribution in [2.24, 2.45) is 5.92 Å². The molecule has 0 bridgehead atoms. The zero-order valence-corrected chi connectivity index (χ0v) is 8.01. The van der Waals surface area contributed by atoms with Crippen LogP contribution in [0.5, 0.6) is 0 Å². The molecular weight excluding hydrogens is 148 g/mol. The maximum absolute atomic E-state index is 4.01. The monoisotopic (exact) mass is 166 g/mol. The SMILES string of the molecule is CCC[C@H](CC)Cc1cnc[nH]1. The second kappa shape index (κ2) is 4.96. The average molecular weight is 166 g/mol. The van der Waals surface area contributed by atoms with E-state index in [4.69, 9.17) is 0 Å². The lowest BCUT2D eigenvalue weighted by Crippen LogP contribution is -2.02. The first kappa shape index (κ1) is 9.30. The molecular formula is C10H18N2. The molecule has 1 N–H and O–H groups in total. The van der Waals surface area contributed by atoms with E-state index < -0.39 is 0 Å². The van der Waals surface area contributed by atoms with Crippen LogP contribution in [-0.2, 0) is 6.42 Å². The van der Waals surface area contributed by atoms with Gasteiger partial charge in [0.05, 0.1) is 6.33 Å². The van der Waals surface area contributed by atoms with Crippen molar-refractivity contribution < 1.29 is 0 Å². The lowest BCUT2D eigenvalue weighted by Gasteiger charge is -2.11. The Kier molecular flexibility index (Phi) is 3.85. The molecule has 0 spiro atoms. The largest absolute Gasteiger partial charge is 0.348 e. The summed E-state index contributed by atoms with van der Waals surface area (Å²) in [7, 11) is 0. The second-order valence-electron chi connectivity index (χ2n) is 3.34. The van der Waals surface area contributed by atoms with Gasteiger partial charge in [-0.15, -0.1) is 0 Å². The Morgan fingerprint density at radius 1 is 1.50 bits per heavy atom. The van der Waals surface area contributed by atoms with Crippen LogP contribution < -0.4 is 0 Å². The highest BCUT2D eigenvalue weighted by Gasteiger charge is 2.06. The van der Waals surface area contributed by atoms with Crippen molar-refractivity contribution in [3.8, 4) is 0 Å². The molecule has 0 aliphatic carbocycles. The Morgan fingerprint density at radius 3 is 2.83 bits per heavy atom. The van der Waals surface area contributed by atoms with Crippen LogP contribution >= 0.6 is 0 Å². The van der Waals surface area contributed by atoms with Gasteiger partial charge < -0.3 is 4.98 Å². The molecule has 1 rings (SSSR count). The first-order chi connectivity index (χ1) is 5.86. The van der Waals surface area contributed by atoms with E-state index in [-0.39, 0.29) is 0 Å². The van der Waals surface area contributed by atoms with Crippen molar-refractivity contribution in [2.75, 3.05) is 0 Å². The van der Waals surface area contributed by atoms with Gasteiger partial charge in [0.1, 0.15) is 0 Å². The minimum absolute atomic E-state index is 0.829. The fourth-order valence-corrected chi connectivity index (χ4v) is 1.57. The van der Waals surface area contributed by atoms with Crippen molar-refractivity contribution in [2.45, 2.75) is 39.5 Å². The molecule has 1 aromatic heterocycles. The predicted octanol–water partition coefficient (Wildman–Crippen LogP) is 2.78. The lowest BCUT2D eigenvalue weighted by molar-refractivity contribution is 0.458. The maximum atomic E-state index is 4.01. The molecule has 68 valence electrons. The van der Waals surface area contributed by atoms with E-state index in [2.05, 4.69) is 23.8 Å². The Labute approximate surface area is 74.4 Å². The molecule has 2 heteroatoms. The minimum Gasteiger partial charge on any atom is -0.348 e. The maximum Gasteiger partial charge on any atom is 0.0921 e. The molecule has 0 amide bonds. The highest BCUT2D eigenvalue weighted by Crippen LogP contribution is 2.15. The molecule has 1 heterocycles. The van der Waals surface area contributed by atoms with E-state index in [9.17, 15) is 0 Å². The van der Waals surface area contributed by atoms with E-state index in [1.165, 1.54) is 25.0 Å². The number of aromatic nitrogens is 2. The Balaban J connectivity index is 2.37. The summed E-state index contributed by atoms with van der Waals surface area (Å²) in [5.74, 6) is 0.829. The van der Waals surface area contributed by atoms with Gasteiger partial charge in [-0.25, -0.2) is 4.98 Å². The summed E-state index contributed by atoms with van der Waals surface area (Å²) < 4.78 is 0. The molecule has 0 aliphatic heterocycles. The van der Waals surface area contributed by atoms with Gasteiger partial charge >= 0.3 is 0 Å². The fraction of sp³-hybridized carbons (Fsp3) is 0.700. The molecule has 12 heavy (non-hydrogen) atoms. The van der Waals surface area contributed by atoms with Gasteiger partial charge in [-0.3, -0.25) is 0 Å². The van der Waals surface area contributed by atoms with Crippen LogP contribution in [0.1, 0.15) is 38.8 Å². The Bertz CT molecular complexity index is 192. The van der Waals surface area contributed by atoms with Crippen LogP contribution in [-0.4, -0.2) is 9.97 Å². The van der Waals surface area contributed by atoms with Crippen LogP contribution in [0, 0.1) is 5.92 Å². The smallest absolute Gasteiger partial charge is 0.0921 e. The molecule has 1 aromatic rings. The number of hydrogen-bond acceptors (Lipinski definition) is 1. The zero-order chi connectivity index (χ0) is 8.81. The van der Waals surface area contributed by atoms with E-state index in [1.54, 1.807) is 6.33 Å². The number of rotatable bonds is 5. The summed E-state index contributed by atoms with van der Waals surface area (Å²) in [6.07, 6.45) is 8.73. The topological polar surface area (TPSA) is 28.7 Å². The van der Waals surface area contributed by atoms with Gasteiger partial charge in [-0.2, -0.15) is 0 Å². The van der Waals surface area contributed by atoms with Crippen molar-refractivity contribution in [3.05, 3.63) is 18.2 Å². The second-order valence-corrected chi connectivity index (χ2v) is 3.34. The van der Waals surface area contributed by atoms with Gasteiger partial charge in [-0.1, -0.05) is 33.1 Å². The third-order valence-corrected chi connectivity index (χ3v) is 2.34. The lowest BCUT2D eigenvalue weighted by atomic mass is 9.96. The number of aromatic amines is 1. The standard InChI is InChI=1S/C10H18N2/c1-3-5-9(4-2)6-10-7-11-8-12-10/h7-9H,3-6H2,1-2H3,(H,11,12)/t9-/m0/s1. The highest BCUT2D eigenvalue weighted by molar-refractivity contribution is 4.95. The van der Waals surface area contributed by atoms with Gasteiger partial charge in [-0.05, 0) is 12.3 Å². The first-order valence-electron chi connectivity index (χ1n) is 4.84. The summed E-state index contributed by atoms with van der Waals surface area (Å²) >= 11 is 0. The van der Waals surface area contributed by atoms with Crippen molar-refractivity contribution in [1.29, 1.82) is 0 Å². The predicted molar refractivity (Wildman–Crippen MR) is 51.0 cm³/mol. The van der Waals surface area contributed by atoms with Crippen LogP contribution in [0.3, 0.4) is 0 Å². The van der Waals surface area contributed by atoms with Crippen LogP contribution in [0.15, 0.2) is 12.5 Å². The van der Waals surface area contributed by atoms with Crippen LogP contribution in [0.4, 0.5) is 0 Å². The summed E-state index contributed by atoms with van der Waals surface area (Å²) in [5.41, 5.74) is 1.27. The normalized spacial score (nSPS) is 13.2. The van der Waals surface area contributed by atoms with Crippen LogP contribution in [0.2, 0.25) is 0 Å².